The summed E-state index contributed by atoms with van der Waals surface area (Å²) in [6.45, 7) is 6.59. The lowest BCUT2D eigenvalue weighted by atomic mass is 9.99. The summed E-state index contributed by atoms with van der Waals surface area (Å²) >= 11 is 1.68. The molecule has 1 aliphatic heterocycles. The molecule has 1 amide bonds. The Labute approximate surface area is 112 Å². The smallest absolute Gasteiger partial charge is 0.251 e. The van der Waals surface area contributed by atoms with Crippen molar-refractivity contribution in [1.29, 1.82) is 0 Å². The average Bonchev–Trinajstić information content (AvgIpc) is 2.65. The first-order chi connectivity index (χ1) is 8.39. The third-order valence-electron chi connectivity index (χ3n) is 4.19. The van der Waals surface area contributed by atoms with Crippen LogP contribution in [-0.4, -0.2) is 37.1 Å². The van der Waals surface area contributed by atoms with Crippen molar-refractivity contribution in [2.24, 2.45) is 5.73 Å². The van der Waals surface area contributed by atoms with Gasteiger partial charge in [-0.2, -0.15) is 0 Å². The van der Waals surface area contributed by atoms with Crippen LogP contribution in [0.25, 0.3) is 0 Å². The minimum absolute atomic E-state index is 0.308. The number of nitrogens with one attached hydrogen (secondary N) is 1. The average molecular weight is 268 g/mol. The van der Waals surface area contributed by atoms with Crippen molar-refractivity contribution in [1.82, 2.24) is 0 Å². The van der Waals surface area contributed by atoms with E-state index in [2.05, 4.69) is 26.2 Å². The third kappa shape index (κ3) is 2.01. The summed E-state index contributed by atoms with van der Waals surface area (Å²) in [4.78, 5) is 12.9. The van der Waals surface area contributed by atoms with Gasteiger partial charge in [0.25, 0.3) is 5.91 Å². The van der Waals surface area contributed by atoms with Gasteiger partial charge in [0.2, 0.25) is 0 Å². The Hall–Kier alpha value is -1.07. The van der Waals surface area contributed by atoms with Gasteiger partial charge in [0.1, 0.15) is 11.5 Å². The number of likely N-dealkylation sites (N-methyl/N-ethyl adjacent to an activating group) is 1. The van der Waals surface area contributed by atoms with Gasteiger partial charge in [0.15, 0.2) is 0 Å². The Morgan fingerprint density at radius 2 is 2.17 bits per heavy atom. The van der Waals surface area contributed by atoms with Crippen molar-refractivity contribution in [3.63, 3.8) is 0 Å². The van der Waals surface area contributed by atoms with Crippen LogP contribution in [0.3, 0.4) is 0 Å². The number of rotatable bonds is 3. The van der Waals surface area contributed by atoms with Gasteiger partial charge in [-0.1, -0.05) is 0 Å². The highest BCUT2D eigenvalue weighted by Crippen LogP contribution is 2.38. The van der Waals surface area contributed by atoms with E-state index in [9.17, 15) is 4.79 Å². The van der Waals surface area contributed by atoms with Gasteiger partial charge in [-0.3, -0.25) is 4.79 Å². The first kappa shape index (κ1) is 13.4. The molecule has 4 nitrogen and oxygen atoms in total. The number of nitrogens with two attached hydrogens (primary N) is 1. The van der Waals surface area contributed by atoms with Crippen LogP contribution < -0.4 is 11.1 Å². The molecule has 0 bridgehead atoms. The highest BCUT2D eigenvalue weighted by atomic mass is 32.1. The van der Waals surface area contributed by atoms with Gasteiger partial charge in [0.05, 0.1) is 30.1 Å². The van der Waals surface area contributed by atoms with E-state index >= 15 is 0 Å². The largest absolute Gasteiger partial charge is 0.379 e. The number of hydrogen-bond acceptors (Lipinski definition) is 3. The van der Waals surface area contributed by atoms with Gasteiger partial charge < -0.3 is 15.5 Å². The fraction of sp³-hybridized carbons (Fsp3) is 0.615. The number of thiophene rings is 1. The molecule has 18 heavy (non-hydrogen) atoms. The van der Waals surface area contributed by atoms with Crippen LogP contribution in [0.4, 0.5) is 5.00 Å². The maximum atomic E-state index is 11.6. The van der Waals surface area contributed by atoms with E-state index in [4.69, 9.17) is 5.73 Å². The number of amides is 1. The maximum absolute atomic E-state index is 11.6. The molecular formula is C13H22N3OS+. The fourth-order valence-corrected chi connectivity index (χ4v) is 3.92. The zero-order valence-corrected chi connectivity index (χ0v) is 12.4. The molecule has 0 aromatic carbocycles. The zero-order valence-electron chi connectivity index (χ0n) is 11.5. The second kappa shape index (κ2) is 4.55. The van der Waals surface area contributed by atoms with Gasteiger partial charge in [-0.15, -0.1) is 11.3 Å². The van der Waals surface area contributed by atoms with E-state index in [1.165, 1.54) is 10.4 Å². The molecule has 1 aromatic rings. The van der Waals surface area contributed by atoms with Gasteiger partial charge in [0, 0.05) is 13.5 Å². The number of carbonyl (C=O) groups is 1. The van der Waals surface area contributed by atoms with E-state index in [1.807, 2.05) is 7.05 Å². The van der Waals surface area contributed by atoms with Crippen molar-refractivity contribution in [2.45, 2.75) is 32.9 Å². The summed E-state index contributed by atoms with van der Waals surface area (Å²) in [6, 6.07) is 0.593. The van der Waals surface area contributed by atoms with Crippen LogP contribution in [0, 0.1) is 0 Å². The van der Waals surface area contributed by atoms with Crippen LogP contribution in [0.1, 0.15) is 34.6 Å². The summed E-state index contributed by atoms with van der Waals surface area (Å²) < 4.78 is 1.04. The Bertz CT molecular complexity index is 481. The molecule has 0 fully saturated rings. The Balaban J connectivity index is 2.44. The van der Waals surface area contributed by atoms with Crippen molar-refractivity contribution in [3.05, 3.63) is 16.0 Å². The lowest BCUT2D eigenvalue weighted by Gasteiger charge is -2.41. The van der Waals surface area contributed by atoms with Crippen molar-refractivity contribution >= 4 is 22.2 Å². The number of nitrogens with zero attached hydrogens (tertiary/aromatic N) is 1. The lowest BCUT2D eigenvalue weighted by Crippen LogP contribution is -2.52. The molecule has 1 unspecified atom stereocenters. The molecule has 100 valence electrons. The van der Waals surface area contributed by atoms with Crippen molar-refractivity contribution in [3.8, 4) is 0 Å². The van der Waals surface area contributed by atoms with E-state index < -0.39 is 0 Å². The highest BCUT2D eigenvalue weighted by molar-refractivity contribution is 7.16. The van der Waals surface area contributed by atoms with E-state index in [1.54, 1.807) is 11.3 Å². The van der Waals surface area contributed by atoms with Crippen LogP contribution in [-0.2, 0) is 13.0 Å². The second-order valence-electron chi connectivity index (χ2n) is 5.53. The molecule has 3 N–H and O–H groups in total. The lowest BCUT2D eigenvalue weighted by molar-refractivity contribution is -0.943. The Morgan fingerprint density at radius 3 is 2.67 bits per heavy atom. The number of quaternary nitrogens is 1. The van der Waals surface area contributed by atoms with Crippen LogP contribution >= 0.6 is 11.3 Å². The normalized spacial score (nSPS) is 22.9. The second-order valence-corrected chi connectivity index (χ2v) is 6.63. The molecule has 1 aromatic heterocycles. The molecule has 0 radical (unpaired) electrons. The Kier molecular flexibility index (Phi) is 3.38. The van der Waals surface area contributed by atoms with E-state index in [-0.39, 0.29) is 5.91 Å². The van der Waals surface area contributed by atoms with Gasteiger partial charge in [-0.05, 0) is 19.4 Å². The van der Waals surface area contributed by atoms with E-state index in [0.717, 1.165) is 29.0 Å². The summed E-state index contributed by atoms with van der Waals surface area (Å²) in [5.41, 5.74) is 7.40. The predicted octanol–water partition coefficient (Wildman–Crippen LogP) is 1.80. The van der Waals surface area contributed by atoms with Gasteiger partial charge >= 0.3 is 0 Å². The molecule has 2 rings (SSSR count). The molecule has 0 spiro atoms. The zero-order chi connectivity index (χ0) is 13.5. The number of primary amides is 1. The molecule has 1 atom stereocenters. The number of hydrogen-bond donors (Lipinski definition) is 2. The van der Waals surface area contributed by atoms with Crippen molar-refractivity contribution < 1.29 is 9.28 Å². The summed E-state index contributed by atoms with van der Waals surface area (Å²) in [7, 11) is 4.14. The third-order valence-corrected chi connectivity index (χ3v) is 5.42. The predicted molar refractivity (Wildman–Crippen MR) is 76.0 cm³/mol. The van der Waals surface area contributed by atoms with Crippen LogP contribution in [0.2, 0.25) is 0 Å². The fourth-order valence-electron chi connectivity index (χ4n) is 2.56. The molecule has 0 saturated carbocycles. The first-order valence-corrected chi connectivity index (χ1v) is 7.17. The van der Waals surface area contributed by atoms with Gasteiger partial charge in [-0.25, -0.2) is 0 Å². The number of carbonyl (C=O) groups excluding carboxylic acids is 1. The van der Waals surface area contributed by atoms with Crippen molar-refractivity contribution in [2.75, 3.05) is 26.0 Å². The highest BCUT2D eigenvalue weighted by Gasteiger charge is 2.35. The molecule has 1 aliphatic rings. The first-order valence-electron chi connectivity index (χ1n) is 6.35. The summed E-state index contributed by atoms with van der Waals surface area (Å²) in [5, 5.41) is 4.02. The summed E-state index contributed by atoms with van der Waals surface area (Å²) in [5.74, 6) is -0.308. The van der Waals surface area contributed by atoms with E-state index in [0.29, 0.717) is 11.6 Å². The molecule has 5 heteroatoms. The number of fused-ring (bicyclic) bond motifs is 1. The molecule has 0 saturated heterocycles. The Morgan fingerprint density at radius 1 is 1.50 bits per heavy atom. The topological polar surface area (TPSA) is 55.1 Å². The molecule has 2 heterocycles. The quantitative estimate of drug-likeness (QED) is 0.821. The molecular weight excluding hydrogens is 246 g/mol. The number of anilines is 1. The monoisotopic (exact) mass is 268 g/mol. The molecule has 0 aliphatic carbocycles. The SMILES string of the molecule is CNc1sc2c(c1C(N)=O)CC[N+](C)(C(C)C)C2. The minimum atomic E-state index is -0.308. The summed E-state index contributed by atoms with van der Waals surface area (Å²) in [6.07, 6.45) is 0.945. The van der Waals surface area contributed by atoms with Crippen LogP contribution in [0.15, 0.2) is 0 Å². The van der Waals surface area contributed by atoms with Crippen LogP contribution in [0.5, 0.6) is 0 Å². The standard InChI is InChI=1S/C13H21N3OS/c1-8(2)16(4)6-5-9-10(7-16)18-13(15-3)11(9)12(14)17/h8H,5-7H2,1-4H3,(H2-,14,15,17)/p+1. The minimum Gasteiger partial charge on any atom is -0.379 e. The maximum Gasteiger partial charge on any atom is 0.251 e.